The molecule has 0 bridgehead atoms. The molecule has 0 saturated heterocycles. The molecule has 25 heavy (non-hydrogen) atoms. The SMILES string of the molecule is C[C@@H](NC(=O)c1ccc(Br)cc1)C(=O)Nc1ccc2[nH]c(=O)[nH]c2c1. The van der Waals surface area contributed by atoms with Crippen LogP contribution in [0.3, 0.4) is 0 Å². The monoisotopic (exact) mass is 402 g/mol. The highest BCUT2D eigenvalue weighted by atomic mass is 79.9. The van der Waals surface area contributed by atoms with Crippen LogP contribution in [0.5, 0.6) is 0 Å². The fourth-order valence-corrected chi connectivity index (χ4v) is 2.57. The van der Waals surface area contributed by atoms with E-state index in [-0.39, 0.29) is 17.5 Å². The number of anilines is 1. The van der Waals surface area contributed by atoms with Crippen LogP contribution in [0.1, 0.15) is 17.3 Å². The first kappa shape index (κ1) is 17.0. The zero-order valence-electron chi connectivity index (χ0n) is 13.2. The number of aromatic amines is 2. The van der Waals surface area contributed by atoms with Gasteiger partial charge in [-0.2, -0.15) is 0 Å². The predicted octanol–water partition coefficient (Wildman–Crippen LogP) is 2.38. The Labute approximate surface area is 151 Å². The van der Waals surface area contributed by atoms with Gasteiger partial charge in [-0.3, -0.25) is 9.59 Å². The van der Waals surface area contributed by atoms with Gasteiger partial charge in [-0.05, 0) is 49.4 Å². The number of H-pyrrole nitrogens is 2. The molecule has 0 aliphatic heterocycles. The first-order valence-electron chi connectivity index (χ1n) is 7.52. The molecule has 0 aliphatic carbocycles. The number of carbonyl (C=O) groups is 2. The fourth-order valence-electron chi connectivity index (χ4n) is 2.31. The molecule has 0 spiro atoms. The van der Waals surface area contributed by atoms with Crippen LogP contribution >= 0.6 is 15.9 Å². The summed E-state index contributed by atoms with van der Waals surface area (Å²) in [5.74, 6) is -0.691. The number of rotatable bonds is 4. The van der Waals surface area contributed by atoms with E-state index < -0.39 is 6.04 Å². The Morgan fingerprint density at radius 2 is 1.72 bits per heavy atom. The largest absolute Gasteiger partial charge is 0.341 e. The van der Waals surface area contributed by atoms with Crippen molar-refractivity contribution in [1.82, 2.24) is 15.3 Å². The summed E-state index contributed by atoms with van der Waals surface area (Å²) in [6.07, 6.45) is 0. The van der Waals surface area contributed by atoms with Gasteiger partial charge < -0.3 is 20.6 Å². The van der Waals surface area contributed by atoms with E-state index in [0.29, 0.717) is 22.3 Å². The summed E-state index contributed by atoms with van der Waals surface area (Å²) < 4.78 is 0.869. The second-order valence-electron chi connectivity index (χ2n) is 5.53. The minimum absolute atomic E-state index is 0.311. The van der Waals surface area contributed by atoms with Crippen LogP contribution in [-0.4, -0.2) is 27.8 Å². The maximum absolute atomic E-state index is 12.3. The molecule has 2 aromatic carbocycles. The van der Waals surface area contributed by atoms with E-state index in [1.54, 1.807) is 49.4 Å². The van der Waals surface area contributed by atoms with Crippen molar-refractivity contribution >= 4 is 44.5 Å². The number of halogens is 1. The first-order chi connectivity index (χ1) is 11.9. The summed E-state index contributed by atoms with van der Waals surface area (Å²) in [6.45, 7) is 1.60. The molecule has 4 N–H and O–H groups in total. The zero-order chi connectivity index (χ0) is 18.0. The smallest absolute Gasteiger partial charge is 0.323 e. The lowest BCUT2D eigenvalue weighted by molar-refractivity contribution is -0.117. The van der Waals surface area contributed by atoms with Crippen molar-refractivity contribution in [2.75, 3.05) is 5.32 Å². The van der Waals surface area contributed by atoms with Gasteiger partial charge in [0, 0.05) is 15.7 Å². The van der Waals surface area contributed by atoms with Gasteiger partial charge >= 0.3 is 5.69 Å². The maximum atomic E-state index is 12.3. The highest BCUT2D eigenvalue weighted by molar-refractivity contribution is 9.10. The third-order valence-electron chi connectivity index (χ3n) is 3.63. The molecule has 3 aromatic rings. The van der Waals surface area contributed by atoms with Gasteiger partial charge in [-0.15, -0.1) is 0 Å². The van der Waals surface area contributed by atoms with E-state index in [1.807, 2.05) is 0 Å². The van der Waals surface area contributed by atoms with Gasteiger partial charge in [0.05, 0.1) is 11.0 Å². The number of nitrogens with one attached hydrogen (secondary N) is 4. The van der Waals surface area contributed by atoms with E-state index >= 15 is 0 Å². The summed E-state index contributed by atoms with van der Waals surface area (Å²) in [4.78, 5) is 40.9. The zero-order valence-corrected chi connectivity index (χ0v) is 14.8. The van der Waals surface area contributed by atoms with Gasteiger partial charge in [0.25, 0.3) is 5.91 Å². The number of hydrogen-bond acceptors (Lipinski definition) is 3. The van der Waals surface area contributed by atoms with Crippen LogP contribution in [-0.2, 0) is 4.79 Å². The van der Waals surface area contributed by atoms with Crippen molar-refractivity contribution in [1.29, 1.82) is 0 Å². The van der Waals surface area contributed by atoms with E-state index in [2.05, 4.69) is 36.5 Å². The van der Waals surface area contributed by atoms with Gasteiger partial charge in [0.15, 0.2) is 0 Å². The summed E-state index contributed by atoms with van der Waals surface area (Å²) in [5.41, 5.74) is 1.93. The van der Waals surface area contributed by atoms with Gasteiger partial charge in [-0.25, -0.2) is 4.79 Å². The molecule has 0 radical (unpaired) electrons. The second-order valence-corrected chi connectivity index (χ2v) is 6.45. The lowest BCUT2D eigenvalue weighted by atomic mass is 10.2. The van der Waals surface area contributed by atoms with E-state index in [1.165, 1.54) is 0 Å². The minimum Gasteiger partial charge on any atom is -0.341 e. The highest BCUT2D eigenvalue weighted by Crippen LogP contribution is 2.15. The Balaban J connectivity index is 1.65. The minimum atomic E-state index is -0.725. The molecular formula is C17H15BrN4O3. The molecule has 0 aliphatic rings. The summed E-state index contributed by atoms with van der Waals surface area (Å²) in [7, 11) is 0. The molecule has 128 valence electrons. The van der Waals surface area contributed by atoms with Crippen LogP contribution in [0, 0.1) is 0 Å². The molecule has 0 unspecified atom stereocenters. The Bertz CT molecular complexity index is 991. The summed E-state index contributed by atoms with van der Waals surface area (Å²) >= 11 is 3.30. The molecule has 0 fully saturated rings. The topological polar surface area (TPSA) is 107 Å². The Morgan fingerprint density at radius 1 is 1.04 bits per heavy atom. The number of amides is 2. The number of fused-ring (bicyclic) bond motifs is 1. The van der Waals surface area contributed by atoms with Gasteiger partial charge in [0.2, 0.25) is 5.91 Å². The average Bonchev–Trinajstić information content (AvgIpc) is 2.94. The van der Waals surface area contributed by atoms with Crippen LogP contribution < -0.4 is 16.3 Å². The number of hydrogen-bond donors (Lipinski definition) is 4. The molecule has 2 amide bonds. The number of carbonyl (C=O) groups excluding carboxylic acids is 2. The van der Waals surface area contributed by atoms with Crippen molar-refractivity contribution < 1.29 is 9.59 Å². The molecule has 1 heterocycles. The van der Waals surface area contributed by atoms with E-state index in [4.69, 9.17) is 0 Å². The molecule has 1 atom stereocenters. The fraction of sp³-hybridized carbons (Fsp3) is 0.118. The standard InChI is InChI=1S/C17H15BrN4O3/c1-9(19-16(24)10-2-4-11(18)5-3-10)15(23)20-12-6-7-13-14(8-12)22-17(25)21-13/h2-9H,1H3,(H,19,24)(H,20,23)(H2,21,22,25)/t9-/m1/s1. The highest BCUT2D eigenvalue weighted by Gasteiger charge is 2.17. The summed E-state index contributed by atoms with van der Waals surface area (Å²) in [5, 5.41) is 5.36. The Kier molecular flexibility index (Phi) is 4.71. The molecule has 3 rings (SSSR count). The molecule has 1 aromatic heterocycles. The lowest BCUT2D eigenvalue weighted by Crippen LogP contribution is -2.41. The number of benzene rings is 2. The third-order valence-corrected chi connectivity index (χ3v) is 4.16. The normalized spacial score (nSPS) is 11.9. The second kappa shape index (κ2) is 6.94. The van der Waals surface area contributed by atoms with E-state index in [0.717, 1.165) is 4.47 Å². The Hall–Kier alpha value is -2.87. The van der Waals surface area contributed by atoms with Crippen LogP contribution in [0.2, 0.25) is 0 Å². The maximum Gasteiger partial charge on any atom is 0.323 e. The van der Waals surface area contributed by atoms with Crippen LogP contribution in [0.15, 0.2) is 51.7 Å². The van der Waals surface area contributed by atoms with E-state index in [9.17, 15) is 14.4 Å². The third kappa shape index (κ3) is 3.97. The lowest BCUT2D eigenvalue weighted by Gasteiger charge is -2.14. The van der Waals surface area contributed by atoms with Crippen LogP contribution in [0.25, 0.3) is 11.0 Å². The van der Waals surface area contributed by atoms with Crippen molar-refractivity contribution in [2.45, 2.75) is 13.0 Å². The molecule has 7 nitrogen and oxygen atoms in total. The molecule has 8 heteroatoms. The average molecular weight is 403 g/mol. The Morgan fingerprint density at radius 3 is 2.44 bits per heavy atom. The van der Waals surface area contributed by atoms with Crippen molar-refractivity contribution in [3.05, 3.63) is 63.0 Å². The van der Waals surface area contributed by atoms with Crippen molar-refractivity contribution in [2.24, 2.45) is 0 Å². The first-order valence-corrected chi connectivity index (χ1v) is 8.31. The van der Waals surface area contributed by atoms with Crippen LogP contribution in [0.4, 0.5) is 5.69 Å². The van der Waals surface area contributed by atoms with Crippen molar-refractivity contribution in [3.8, 4) is 0 Å². The predicted molar refractivity (Wildman–Crippen MR) is 98.6 cm³/mol. The number of imidazole rings is 1. The molecule has 0 saturated carbocycles. The number of aromatic nitrogens is 2. The van der Waals surface area contributed by atoms with Gasteiger partial charge in [-0.1, -0.05) is 15.9 Å². The summed E-state index contributed by atoms with van der Waals surface area (Å²) in [6, 6.07) is 11.1. The van der Waals surface area contributed by atoms with Crippen molar-refractivity contribution in [3.63, 3.8) is 0 Å². The van der Waals surface area contributed by atoms with Gasteiger partial charge in [0.1, 0.15) is 6.04 Å². The quantitative estimate of drug-likeness (QED) is 0.537. The molecular weight excluding hydrogens is 388 g/mol.